The average molecular weight is 454 g/mol. The number of aromatic nitrogens is 2. The minimum atomic E-state index is -0.506. The SMILES string of the molecule is CCOc1cc(C#N)cc(Br)c1OC(=O)c1ccc(Cn2nc(C)cc2C)cc1. The van der Waals surface area contributed by atoms with Crippen molar-refractivity contribution in [2.24, 2.45) is 0 Å². The molecule has 0 aliphatic rings. The summed E-state index contributed by atoms with van der Waals surface area (Å²) >= 11 is 3.35. The minimum absolute atomic E-state index is 0.252. The highest BCUT2D eigenvalue weighted by molar-refractivity contribution is 9.10. The molecule has 3 rings (SSSR count). The Hall–Kier alpha value is -3.11. The summed E-state index contributed by atoms with van der Waals surface area (Å²) in [6, 6.07) is 14.4. The lowest BCUT2D eigenvalue weighted by Gasteiger charge is -2.13. The molecule has 0 saturated heterocycles. The van der Waals surface area contributed by atoms with Gasteiger partial charge in [0.15, 0.2) is 11.5 Å². The van der Waals surface area contributed by atoms with Crippen molar-refractivity contribution in [1.29, 1.82) is 5.26 Å². The second-order valence-electron chi connectivity index (χ2n) is 6.50. The Morgan fingerprint density at radius 1 is 1.21 bits per heavy atom. The molecule has 0 aliphatic heterocycles. The highest BCUT2D eigenvalue weighted by atomic mass is 79.9. The first kappa shape index (κ1) is 20.6. The van der Waals surface area contributed by atoms with Crippen LogP contribution in [0.2, 0.25) is 0 Å². The van der Waals surface area contributed by atoms with Crippen LogP contribution in [0, 0.1) is 25.2 Å². The Kier molecular flexibility index (Phi) is 6.35. The lowest BCUT2D eigenvalue weighted by Crippen LogP contribution is -2.11. The summed E-state index contributed by atoms with van der Waals surface area (Å²) in [7, 11) is 0. The summed E-state index contributed by atoms with van der Waals surface area (Å²) in [6.45, 7) is 6.80. The molecular formula is C22H20BrN3O3. The molecule has 0 atom stereocenters. The maximum Gasteiger partial charge on any atom is 0.343 e. The fourth-order valence-corrected chi connectivity index (χ4v) is 3.42. The van der Waals surface area contributed by atoms with Crippen LogP contribution in [0.25, 0.3) is 0 Å². The third kappa shape index (κ3) is 4.84. The molecule has 0 radical (unpaired) electrons. The van der Waals surface area contributed by atoms with Crippen molar-refractivity contribution in [3.05, 3.63) is 75.0 Å². The molecule has 1 aromatic heterocycles. The maximum absolute atomic E-state index is 12.6. The molecule has 1 heterocycles. The fourth-order valence-electron chi connectivity index (χ4n) is 2.90. The summed E-state index contributed by atoms with van der Waals surface area (Å²) in [5.41, 5.74) is 3.91. The highest BCUT2D eigenvalue weighted by Gasteiger charge is 2.17. The second-order valence-corrected chi connectivity index (χ2v) is 7.36. The molecule has 0 bridgehead atoms. The van der Waals surface area contributed by atoms with Crippen LogP contribution < -0.4 is 9.47 Å². The summed E-state index contributed by atoms with van der Waals surface area (Å²) in [5.74, 6) is 0.0875. The number of esters is 1. The number of aryl methyl sites for hydroxylation is 2. The third-order valence-corrected chi connectivity index (χ3v) is 4.85. The molecule has 0 fully saturated rings. The van der Waals surface area contributed by atoms with E-state index >= 15 is 0 Å². The number of carbonyl (C=O) groups is 1. The van der Waals surface area contributed by atoms with Gasteiger partial charge in [-0.25, -0.2) is 4.79 Å². The first-order valence-corrected chi connectivity index (χ1v) is 9.89. The summed E-state index contributed by atoms with van der Waals surface area (Å²) in [4.78, 5) is 12.6. The van der Waals surface area contributed by atoms with Crippen molar-refractivity contribution in [2.75, 3.05) is 6.61 Å². The molecular weight excluding hydrogens is 434 g/mol. The van der Waals surface area contributed by atoms with Gasteiger partial charge < -0.3 is 9.47 Å². The van der Waals surface area contributed by atoms with E-state index in [1.165, 1.54) is 0 Å². The second kappa shape index (κ2) is 8.93. The van der Waals surface area contributed by atoms with Crippen LogP contribution in [0.5, 0.6) is 11.5 Å². The normalized spacial score (nSPS) is 10.4. The number of hydrogen-bond acceptors (Lipinski definition) is 5. The number of carbonyl (C=O) groups excluding carboxylic acids is 1. The molecule has 0 aliphatic carbocycles. The average Bonchev–Trinajstić information content (AvgIpc) is 3.01. The molecule has 3 aromatic rings. The predicted molar refractivity (Wildman–Crippen MR) is 112 cm³/mol. The van der Waals surface area contributed by atoms with Crippen LogP contribution in [0.4, 0.5) is 0 Å². The van der Waals surface area contributed by atoms with E-state index in [4.69, 9.17) is 14.7 Å². The quantitative estimate of drug-likeness (QED) is 0.395. The number of benzene rings is 2. The minimum Gasteiger partial charge on any atom is -0.490 e. The third-order valence-electron chi connectivity index (χ3n) is 4.26. The fraction of sp³-hybridized carbons (Fsp3) is 0.227. The Labute approximate surface area is 177 Å². The van der Waals surface area contributed by atoms with E-state index in [-0.39, 0.29) is 5.75 Å². The van der Waals surface area contributed by atoms with E-state index in [0.717, 1.165) is 17.0 Å². The zero-order valence-electron chi connectivity index (χ0n) is 16.4. The van der Waals surface area contributed by atoms with Crippen LogP contribution in [-0.4, -0.2) is 22.4 Å². The van der Waals surface area contributed by atoms with Gasteiger partial charge in [0.05, 0.1) is 40.5 Å². The summed E-state index contributed by atoms with van der Waals surface area (Å²) in [5, 5.41) is 13.6. The number of hydrogen-bond donors (Lipinski definition) is 0. The van der Waals surface area contributed by atoms with E-state index in [9.17, 15) is 4.79 Å². The van der Waals surface area contributed by atoms with Gasteiger partial charge in [0.25, 0.3) is 0 Å². The van der Waals surface area contributed by atoms with Crippen molar-refractivity contribution in [3.63, 3.8) is 0 Å². The molecule has 0 spiro atoms. The van der Waals surface area contributed by atoms with Crippen LogP contribution in [0.3, 0.4) is 0 Å². The first-order valence-electron chi connectivity index (χ1n) is 9.10. The molecule has 7 heteroatoms. The largest absolute Gasteiger partial charge is 0.490 e. The smallest absolute Gasteiger partial charge is 0.343 e. The molecule has 6 nitrogen and oxygen atoms in total. The Morgan fingerprint density at radius 3 is 2.52 bits per heavy atom. The lowest BCUT2D eigenvalue weighted by atomic mass is 10.1. The molecule has 0 amide bonds. The standard InChI is InChI=1S/C22H20BrN3O3/c1-4-28-20-11-17(12-24)10-19(23)21(20)29-22(27)18-7-5-16(6-8-18)13-26-15(3)9-14(2)25-26/h5-11H,4,13H2,1-3H3. The number of nitriles is 1. The van der Waals surface area contributed by atoms with Gasteiger partial charge in [-0.3, -0.25) is 4.68 Å². The van der Waals surface area contributed by atoms with Crippen molar-refractivity contribution < 1.29 is 14.3 Å². The number of halogens is 1. The van der Waals surface area contributed by atoms with Gasteiger partial charge in [-0.15, -0.1) is 0 Å². The van der Waals surface area contributed by atoms with Crippen LogP contribution in [0.1, 0.15) is 39.8 Å². The highest BCUT2D eigenvalue weighted by Crippen LogP contribution is 2.37. The van der Waals surface area contributed by atoms with Crippen LogP contribution in [-0.2, 0) is 6.54 Å². The van der Waals surface area contributed by atoms with Gasteiger partial charge in [0.1, 0.15) is 0 Å². The van der Waals surface area contributed by atoms with E-state index in [0.29, 0.717) is 34.5 Å². The summed E-state index contributed by atoms with van der Waals surface area (Å²) in [6.07, 6.45) is 0. The van der Waals surface area contributed by atoms with Gasteiger partial charge in [-0.2, -0.15) is 10.4 Å². The van der Waals surface area contributed by atoms with Crippen molar-refractivity contribution in [1.82, 2.24) is 9.78 Å². The first-order chi connectivity index (χ1) is 13.9. The number of ether oxygens (including phenoxy) is 2. The van der Waals surface area contributed by atoms with Gasteiger partial charge >= 0.3 is 5.97 Å². The zero-order valence-corrected chi connectivity index (χ0v) is 18.0. The monoisotopic (exact) mass is 453 g/mol. The maximum atomic E-state index is 12.6. The summed E-state index contributed by atoms with van der Waals surface area (Å²) < 4.78 is 13.5. The Bertz CT molecular complexity index is 1080. The van der Waals surface area contributed by atoms with Gasteiger partial charge in [-0.05, 0) is 66.5 Å². The molecule has 0 N–H and O–H groups in total. The van der Waals surface area contributed by atoms with Gasteiger partial charge in [0, 0.05) is 11.8 Å². The topological polar surface area (TPSA) is 77.1 Å². The number of rotatable bonds is 6. The lowest BCUT2D eigenvalue weighted by molar-refractivity contribution is 0.0727. The van der Waals surface area contributed by atoms with Crippen LogP contribution >= 0.6 is 15.9 Å². The molecule has 2 aromatic carbocycles. The van der Waals surface area contributed by atoms with E-state index in [2.05, 4.69) is 27.1 Å². The Morgan fingerprint density at radius 2 is 1.93 bits per heavy atom. The van der Waals surface area contributed by atoms with Crippen molar-refractivity contribution in [3.8, 4) is 17.6 Å². The van der Waals surface area contributed by atoms with E-state index < -0.39 is 5.97 Å². The number of nitrogens with zero attached hydrogens (tertiary/aromatic N) is 3. The van der Waals surface area contributed by atoms with Crippen molar-refractivity contribution in [2.45, 2.75) is 27.3 Å². The van der Waals surface area contributed by atoms with E-state index in [1.807, 2.05) is 43.7 Å². The van der Waals surface area contributed by atoms with Gasteiger partial charge in [-0.1, -0.05) is 12.1 Å². The van der Waals surface area contributed by atoms with E-state index in [1.54, 1.807) is 24.3 Å². The van der Waals surface area contributed by atoms with Crippen molar-refractivity contribution >= 4 is 21.9 Å². The molecule has 148 valence electrons. The molecule has 29 heavy (non-hydrogen) atoms. The molecule has 0 unspecified atom stereocenters. The predicted octanol–water partition coefficient (Wildman–Crippen LogP) is 4.80. The molecule has 0 saturated carbocycles. The Balaban J connectivity index is 1.78. The van der Waals surface area contributed by atoms with Gasteiger partial charge in [0.2, 0.25) is 0 Å². The van der Waals surface area contributed by atoms with Crippen LogP contribution in [0.15, 0.2) is 46.9 Å². The zero-order chi connectivity index (χ0) is 21.0.